The standard InChI is InChI=1S/C15H17BrN4O/c1-11-2-3-14(13(16)8-11)19-10-12(9-17)15(21)20-6-4-18-5-7-20/h2-3,8,10,18-19H,4-7H2,1H3/b12-10-. The van der Waals surface area contributed by atoms with Crippen LogP contribution in [0.2, 0.25) is 0 Å². The number of piperazine rings is 1. The molecule has 1 saturated heterocycles. The highest BCUT2D eigenvalue weighted by Gasteiger charge is 2.19. The molecule has 2 N–H and O–H groups in total. The van der Waals surface area contributed by atoms with Gasteiger partial charge < -0.3 is 15.5 Å². The summed E-state index contributed by atoms with van der Waals surface area (Å²) in [4.78, 5) is 13.9. The van der Waals surface area contributed by atoms with Crippen LogP contribution in [0.25, 0.3) is 0 Å². The molecule has 0 radical (unpaired) electrons. The Labute approximate surface area is 132 Å². The Morgan fingerprint density at radius 1 is 1.48 bits per heavy atom. The van der Waals surface area contributed by atoms with E-state index in [1.807, 2.05) is 31.2 Å². The fourth-order valence-electron chi connectivity index (χ4n) is 2.07. The number of rotatable bonds is 3. The number of aryl methyl sites for hydroxylation is 1. The minimum absolute atomic E-state index is 0.115. The number of carbonyl (C=O) groups excluding carboxylic acids is 1. The van der Waals surface area contributed by atoms with E-state index in [1.54, 1.807) is 4.90 Å². The lowest BCUT2D eigenvalue weighted by molar-refractivity contribution is -0.127. The predicted molar refractivity (Wildman–Crippen MR) is 85.6 cm³/mol. The Balaban J connectivity index is 2.09. The third-order valence-electron chi connectivity index (χ3n) is 3.25. The van der Waals surface area contributed by atoms with Crippen molar-refractivity contribution in [2.24, 2.45) is 0 Å². The van der Waals surface area contributed by atoms with Gasteiger partial charge in [-0.3, -0.25) is 4.79 Å². The van der Waals surface area contributed by atoms with Crippen molar-refractivity contribution < 1.29 is 4.79 Å². The number of anilines is 1. The molecule has 0 bridgehead atoms. The molecule has 1 aromatic carbocycles. The van der Waals surface area contributed by atoms with Crippen molar-refractivity contribution in [3.05, 3.63) is 40.0 Å². The second-order valence-corrected chi connectivity index (χ2v) is 5.69. The zero-order chi connectivity index (χ0) is 15.2. The summed E-state index contributed by atoms with van der Waals surface area (Å²) >= 11 is 3.45. The molecule has 1 fully saturated rings. The molecule has 21 heavy (non-hydrogen) atoms. The van der Waals surface area contributed by atoms with Crippen LogP contribution >= 0.6 is 15.9 Å². The number of hydrogen-bond donors (Lipinski definition) is 2. The minimum Gasteiger partial charge on any atom is -0.359 e. The summed E-state index contributed by atoms with van der Waals surface area (Å²) in [7, 11) is 0. The number of benzene rings is 1. The molecule has 1 aliphatic heterocycles. The highest BCUT2D eigenvalue weighted by atomic mass is 79.9. The molecule has 0 saturated carbocycles. The van der Waals surface area contributed by atoms with Crippen LogP contribution < -0.4 is 10.6 Å². The highest BCUT2D eigenvalue weighted by molar-refractivity contribution is 9.10. The maximum absolute atomic E-state index is 12.2. The number of carbonyl (C=O) groups is 1. The van der Waals surface area contributed by atoms with Crippen molar-refractivity contribution in [1.29, 1.82) is 5.26 Å². The number of nitrogens with one attached hydrogen (secondary N) is 2. The van der Waals surface area contributed by atoms with Crippen LogP contribution in [0.4, 0.5) is 5.69 Å². The summed E-state index contributed by atoms with van der Waals surface area (Å²) in [5.74, 6) is -0.227. The number of halogens is 1. The molecular weight excluding hydrogens is 332 g/mol. The normalized spacial score (nSPS) is 15.5. The van der Waals surface area contributed by atoms with Crippen LogP contribution in [-0.4, -0.2) is 37.0 Å². The lowest BCUT2D eigenvalue weighted by atomic mass is 10.2. The van der Waals surface area contributed by atoms with Crippen LogP contribution in [0.3, 0.4) is 0 Å². The van der Waals surface area contributed by atoms with Crippen LogP contribution in [0.5, 0.6) is 0 Å². The van der Waals surface area contributed by atoms with E-state index >= 15 is 0 Å². The Kier molecular flexibility index (Phi) is 5.37. The summed E-state index contributed by atoms with van der Waals surface area (Å²) in [6.07, 6.45) is 1.47. The van der Waals surface area contributed by atoms with Gasteiger partial charge in [0, 0.05) is 36.9 Å². The van der Waals surface area contributed by atoms with Crippen LogP contribution in [-0.2, 0) is 4.79 Å². The molecule has 1 amide bonds. The van der Waals surface area contributed by atoms with Crippen molar-refractivity contribution in [3.8, 4) is 6.07 Å². The van der Waals surface area contributed by atoms with Crippen molar-refractivity contribution in [1.82, 2.24) is 10.2 Å². The largest absolute Gasteiger partial charge is 0.359 e. The van der Waals surface area contributed by atoms with Gasteiger partial charge in [-0.1, -0.05) is 6.07 Å². The lowest BCUT2D eigenvalue weighted by Crippen LogP contribution is -2.46. The summed E-state index contributed by atoms with van der Waals surface area (Å²) in [5, 5.41) is 15.4. The van der Waals surface area contributed by atoms with Gasteiger partial charge in [-0.25, -0.2) is 0 Å². The van der Waals surface area contributed by atoms with Crippen molar-refractivity contribution >= 4 is 27.5 Å². The SMILES string of the molecule is Cc1ccc(N/C=C(/C#N)C(=O)N2CCNCC2)c(Br)c1. The Morgan fingerprint density at radius 2 is 2.19 bits per heavy atom. The van der Waals surface area contributed by atoms with E-state index in [1.165, 1.54) is 6.20 Å². The van der Waals surface area contributed by atoms with Gasteiger partial charge in [-0.05, 0) is 40.5 Å². The van der Waals surface area contributed by atoms with Crippen LogP contribution in [0, 0.1) is 18.3 Å². The molecule has 0 aromatic heterocycles. The van der Waals surface area contributed by atoms with Crippen molar-refractivity contribution in [2.45, 2.75) is 6.92 Å². The molecular formula is C15H17BrN4O. The second kappa shape index (κ2) is 7.25. The van der Waals surface area contributed by atoms with E-state index in [9.17, 15) is 10.1 Å². The third kappa shape index (κ3) is 4.06. The third-order valence-corrected chi connectivity index (χ3v) is 3.91. The molecule has 2 rings (SSSR count). The molecule has 1 aliphatic rings. The van der Waals surface area contributed by atoms with Crippen LogP contribution in [0.15, 0.2) is 34.4 Å². The van der Waals surface area contributed by atoms with Gasteiger partial charge in [0.25, 0.3) is 5.91 Å². The zero-order valence-corrected chi connectivity index (χ0v) is 13.4. The van der Waals surface area contributed by atoms with Gasteiger partial charge in [0.15, 0.2) is 0 Å². The molecule has 0 spiro atoms. The number of nitrogens with zero attached hydrogens (tertiary/aromatic N) is 2. The van der Waals surface area contributed by atoms with E-state index in [0.717, 1.165) is 28.8 Å². The fourth-order valence-corrected chi connectivity index (χ4v) is 2.67. The lowest BCUT2D eigenvalue weighted by Gasteiger charge is -2.27. The van der Waals surface area contributed by atoms with Gasteiger partial charge in [0.1, 0.15) is 11.6 Å². The van der Waals surface area contributed by atoms with E-state index in [-0.39, 0.29) is 11.5 Å². The first-order chi connectivity index (χ1) is 10.1. The maximum atomic E-state index is 12.2. The van der Waals surface area contributed by atoms with E-state index < -0.39 is 0 Å². The van der Waals surface area contributed by atoms with Crippen molar-refractivity contribution in [2.75, 3.05) is 31.5 Å². The minimum atomic E-state index is -0.227. The molecule has 5 nitrogen and oxygen atoms in total. The molecule has 6 heteroatoms. The highest BCUT2D eigenvalue weighted by Crippen LogP contribution is 2.23. The van der Waals surface area contributed by atoms with E-state index in [2.05, 4.69) is 26.6 Å². The van der Waals surface area contributed by atoms with Crippen LogP contribution in [0.1, 0.15) is 5.56 Å². The number of nitriles is 1. The topological polar surface area (TPSA) is 68.2 Å². The van der Waals surface area contributed by atoms with Gasteiger partial charge in [0.2, 0.25) is 0 Å². The molecule has 1 heterocycles. The van der Waals surface area contributed by atoms with Crippen molar-refractivity contribution in [3.63, 3.8) is 0 Å². The first-order valence-electron chi connectivity index (χ1n) is 6.75. The summed E-state index contributed by atoms with van der Waals surface area (Å²) in [5.41, 5.74) is 2.07. The van der Waals surface area contributed by atoms with Gasteiger partial charge in [-0.2, -0.15) is 5.26 Å². The molecule has 0 atom stereocenters. The summed E-state index contributed by atoms with van der Waals surface area (Å²) < 4.78 is 0.894. The van der Waals surface area contributed by atoms with E-state index in [4.69, 9.17) is 0 Å². The molecule has 1 aromatic rings. The number of amides is 1. The maximum Gasteiger partial charge on any atom is 0.266 e. The Bertz CT molecular complexity index is 600. The molecule has 110 valence electrons. The monoisotopic (exact) mass is 348 g/mol. The summed E-state index contributed by atoms with van der Waals surface area (Å²) in [6, 6.07) is 7.81. The molecule has 0 aliphatic carbocycles. The fraction of sp³-hybridized carbons (Fsp3) is 0.333. The van der Waals surface area contributed by atoms with Gasteiger partial charge >= 0.3 is 0 Å². The van der Waals surface area contributed by atoms with E-state index in [0.29, 0.717) is 13.1 Å². The summed E-state index contributed by atoms with van der Waals surface area (Å²) in [6.45, 7) is 4.79. The second-order valence-electron chi connectivity index (χ2n) is 4.84. The zero-order valence-electron chi connectivity index (χ0n) is 11.8. The Hall–Kier alpha value is -1.84. The average molecular weight is 349 g/mol. The quantitative estimate of drug-likeness (QED) is 0.647. The van der Waals surface area contributed by atoms with Gasteiger partial charge in [0.05, 0.1) is 5.69 Å². The predicted octanol–water partition coefficient (Wildman–Crippen LogP) is 2.01. The first-order valence-corrected chi connectivity index (χ1v) is 7.54. The molecule has 0 unspecified atom stereocenters. The first kappa shape index (κ1) is 15.5. The average Bonchev–Trinajstić information content (AvgIpc) is 2.50. The van der Waals surface area contributed by atoms with Gasteiger partial charge in [-0.15, -0.1) is 0 Å². The smallest absolute Gasteiger partial charge is 0.266 e. The number of hydrogen-bond acceptors (Lipinski definition) is 4. The Morgan fingerprint density at radius 3 is 2.81 bits per heavy atom.